The van der Waals surface area contributed by atoms with Gasteiger partial charge in [0.05, 0.1) is 4.92 Å². The van der Waals surface area contributed by atoms with Crippen LogP contribution in [0, 0.1) is 10.1 Å². The predicted octanol–water partition coefficient (Wildman–Crippen LogP) is 4.48. The second kappa shape index (κ2) is 6.96. The van der Waals surface area contributed by atoms with Gasteiger partial charge in [0, 0.05) is 34.1 Å². The van der Waals surface area contributed by atoms with E-state index >= 15 is 0 Å². The lowest BCUT2D eigenvalue weighted by Gasteiger charge is -2.17. The molecule has 0 aromatic heterocycles. The Kier molecular flexibility index (Phi) is 5.37. The average molecular weight is 389 g/mol. The summed E-state index contributed by atoms with van der Waals surface area (Å²) in [6, 6.07) is 8.65. The number of nitrogens with zero attached hydrogens (tertiary/aromatic N) is 1. The molecule has 0 radical (unpaired) electrons. The molecule has 9 heteroatoms. The maximum atomic E-state index is 11.8. The highest BCUT2D eigenvalue weighted by Gasteiger charge is 2.23. The van der Waals surface area contributed by atoms with E-state index in [4.69, 9.17) is 23.2 Å². The van der Waals surface area contributed by atoms with Gasteiger partial charge in [0.1, 0.15) is 4.90 Å². The Morgan fingerprint density at radius 3 is 2.38 bits per heavy atom. The Balaban J connectivity index is 2.38. The summed E-state index contributed by atoms with van der Waals surface area (Å²) in [6.07, 6.45) is 0.929. The van der Waals surface area contributed by atoms with Crippen LogP contribution in [-0.4, -0.2) is 19.6 Å². The number of nitrogens with one attached hydrogen (secondary N) is 1. The highest BCUT2D eigenvalue weighted by Crippen LogP contribution is 2.31. The van der Waals surface area contributed by atoms with Crippen LogP contribution in [0.5, 0.6) is 0 Å². The Labute approximate surface area is 149 Å². The van der Waals surface area contributed by atoms with Crippen LogP contribution >= 0.6 is 23.2 Å². The number of anilines is 1. The van der Waals surface area contributed by atoms with E-state index in [1.807, 2.05) is 6.92 Å². The molecule has 1 atom stereocenters. The zero-order valence-corrected chi connectivity index (χ0v) is 15.1. The van der Waals surface area contributed by atoms with Gasteiger partial charge in [-0.2, -0.15) is 0 Å². The van der Waals surface area contributed by atoms with Crippen molar-refractivity contribution < 1.29 is 13.3 Å². The van der Waals surface area contributed by atoms with Crippen LogP contribution in [0.3, 0.4) is 0 Å². The van der Waals surface area contributed by atoms with Gasteiger partial charge in [-0.15, -0.1) is 0 Å². The summed E-state index contributed by atoms with van der Waals surface area (Å²) >= 11 is 12.0. The highest BCUT2D eigenvalue weighted by atomic mass is 35.5. The lowest BCUT2D eigenvalue weighted by Crippen LogP contribution is -2.09. The molecule has 24 heavy (non-hydrogen) atoms. The molecule has 0 fully saturated rings. The van der Waals surface area contributed by atoms with E-state index in [0.717, 1.165) is 17.9 Å². The molecule has 0 unspecified atom stereocenters. The number of nitro benzene ring substituents is 1. The van der Waals surface area contributed by atoms with Gasteiger partial charge >= 0.3 is 0 Å². The minimum Gasteiger partial charge on any atom is -0.378 e. The smallest absolute Gasteiger partial charge is 0.288 e. The number of rotatable bonds is 5. The van der Waals surface area contributed by atoms with Gasteiger partial charge in [0.2, 0.25) is 0 Å². The zero-order valence-electron chi connectivity index (χ0n) is 12.8. The van der Waals surface area contributed by atoms with Crippen molar-refractivity contribution in [3.63, 3.8) is 0 Å². The topological polar surface area (TPSA) is 89.3 Å². The van der Waals surface area contributed by atoms with E-state index in [0.29, 0.717) is 15.7 Å². The van der Waals surface area contributed by atoms with Crippen molar-refractivity contribution in [1.29, 1.82) is 0 Å². The summed E-state index contributed by atoms with van der Waals surface area (Å²) in [5.41, 5.74) is 0.736. The Morgan fingerprint density at radius 1 is 1.17 bits per heavy atom. The number of nitro groups is 1. The quantitative estimate of drug-likeness (QED) is 0.602. The molecule has 0 heterocycles. The molecule has 1 N–H and O–H groups in total. The van der Waals surface area contributed by atoms with Gasteiger partial charge in [-0.1, -0.05) is 29.3 Å². The Hall–Kier alpha value is -1.83. The normalized spacial score (nSPS) is 12.7. The molecule has 0 spiro atoms. The molecule has 0 saturated carbocycles. The fraction of sp³-hybridized carbons (Fsp3) is 0.200. The van der Waals surface area contributed by atoms with Crippen LogP contribution in [-0.2, 0) is 9.84 Å². The average Bonchev–Trinajstić information content (AvgIpc) is 2.45. The first-order valence-electron chi connectivity index (χ1n) is 6.79. The molecule has 0 aliphatic heterocycles. The van der Waals surface area contributed by atoms with Crippen LogP contribution < -0.4 is 5.32 Å². The molecule has 0 aliphatic rings. The number of hydrogen-bond acceptors (Lipinski definition) is 5. The molecule has 6 nitrogen and oxygen atoms in total. The standard InChI is InChI=1S/C15H14Cl2N2O4S/c1-9(12-5-3-10(16)7-13(12)17)18-11-4-6-14(19(20)21)15(8-11)24(2,22)23/h3-9,18H,1-2H3/t9-/m0/s1. The number of hydrogen-bond donors (Lipinski definition) is 1. The van der Waals surface area contributed by atoms with Crippen LogP contribution in [0.1, 0.15) is 18.5 Å². The summed E-state index contributed by atoms with van der Waals surface area (Å²) in [4.78, 5) is 9.93. The van der Waals surface area contributed by atoms with E-state index in [-0.39, 0.29) is 10.9 Å². The zero-order chi connectivity index (χ0) is 18.1. The second-order valence-electron chi connectivity index (χ2n) is 5.24. The molecule has 2 rings (SSSR count). The van der Waals surface area contributed by atoms with E-state index in [9.17, 15) is 18.5 Å². The summed E-state index contributed by atoms with van der Waals surface area (Å²) in [6.45, 7) is 1.83. The number of halogens is 2. The second-order valence-corrected chi connectivity index (χ2v) is 8.07. The predicted molar refractivity (Wildman–Crippen MR) is 94.7 cm³/mol. The van der Waals surface area contributed by atoms with E-state index in [1.54, 1.807) is 18.2 Å². The number of sulfone groups is 1. The van der Waals surface area contributed by atoms with Gasteiger partial charge in [-0.25, -0.2) is 8.42 Å². The molecule has 0 aliphatic carbocycles. The van der Waals surface area contributed by atoms with Gasteiger partial charge < -0.3 is 5.32 Å². The van der Waals surface area contributed by atoms with Crippen molar-refractivity contribution >= 4 is 44.4 Å². The van der Waals surface area contributed by atoms with Gasteiger partial charge in [-0.05, 0) is 36.8 Å². The molecular weight excluding hydrogens is 375 g/mol. The number of benzene rings is 2. The third kappa shape index (κ3) is 4.17. The van der Waals surface area contributed by atoms with Crippen LogP contribution in [0.4, 0.5) is 11.4 Å². The van der Waals surface area contributed by atoms with E-state index in [1.165, 1.54) is 12.1 Å². The van der Waals surface area contributed by atoms with Crippen LogP contribution in [0.25, 0.3) is 0 Å². The molecule has 0 saturated heterocycles. The first-order valence-corrected chi connectivity index (χ1v) is 9.44. The monoisotopic (exact) mass is 388 g/mol. The van der Waals surface area contributed by atoms with Crippen molar-refractivity contribution in [3.05, 3.63) is 62.1 Å². The van der Waals surface area contributed by atoms with Gasteiger partial charge in [0.15, 0.2) is 9.84 Å². The molecule has 0 amide bonds. The molecular formula is C15H14Cl2N2O4S. The third-order valence-electron chi connectivity index (χ3n) is 3.37. The molecule has 128 valence electrons. The first-order chi connectivity index (χ1) is 11.1. The third-order valence-corrected chi connectivity index (χ3v) is 5.06. The van der Waals surface area contributed by atoms with Crippen molar-refractivity contribution in [2.45, 2.75) is 17.9 Å². The lowest BCUT2D eigenvalue weighted by molar-refractivity contribution is -0.387. The maximum absolute atomic E-state index is 11.8. The van der Waals surface area contributed by atoms with E-state index < -0.39 is 20.4 Å². The van der Waals surface area contributed by atoms with Crippen molar-refractivity contribution in [3.8, 4) is 0 Å². The summed E-state index contributed by atoms with van der Waals surface area (Å²) < 4.78 is 23.6. The minimum absolute atomic E-state index is 0.261. The SMILES string of the molecule is C[C@H](Nc1ccc([N+](=O)[O-])c(S(C)(=O)=O)c1)c1ccc(Cl)cc1Cl. The molecule has 2 aromatic carbocycles. The van der Waals surface area contributed by atoms with Crippen LogP contribution in [0.15, 0.2) is 41.3 Å². The summed E-state index contributed by atoms with van der Waals surface area (Å²) in [5.74, 6) is 0. The Bertz CT molecular complexity index is 900. The van der Waals surface area contributed by atoms with Crippen molar-refractivity contribution in [2.75, 3.05) is 11.6 Å². The van der Waals surface area contributed by atoms with E-state index in [2.05, 4.69) is 5.32 Å². The molecule has 0 bridgehead atoms. The summed E-state index contributed by atoms with van der Waals surface area (Å²) in [5, 5.41) is 15.0. The maximum Gasteiger partial charge on any atom is 0.288 e. The van der Waals surface area contributed by atoms with Gasteiger partial charge in [0.25, 0.3) is 5.69 Å². The fourth-order valence-electron chi connectivity index (χ4n) is 2.23. The molecule has 2 aromatic rings. The Morgan fingerprint density at radius 2 is 1.83 bits per heavy atom. The highest BCUT2D eigenvalue weighted by molar-refractivity contribution is 7.90. The van der Waals surface area contributed by atoms with Crippen LogP contribution in [0.2, 0.25) is 10.0 Å². The largest absolute Gasteiger partial charge is 0.378 e. The van der Waals surface area contributed by atoms with Gasteiger partial charge in [-0.3, -0.25) is 10.1 Å². The first kappa shape index (κ1) is 18.5. The van der Waals surface area contributed by atoms with Crippen molar-refractivity contribution in [2.24, 2.45) is 0 Å². The van der Waals surface area contributed by atoms with Crippen molar-refractivity contribution in [1.82, 2.24) is 0 Å². The summed E-state index contributed by atoms with van der Waals surface area (Å²) in [7, 11) is -3.74. The lowest BCUT2D eigenvalue weighted by atomic mass is 10.1. The minimum atomic E-state index is -3.74. The fourth-order valence-corrected chi connectivity index (χ4v) is 3.67.